The van der Waals surface area contributed by atoms with Crippen molar-refractivity contribution < 1.29 is 14.0 Å². The lowest BCUT2D eigenvalue weighted by Gasteiger charge is -2.05. The maximum Gasteiger partial charge on any atom is 0.305 e. The van der Waals surface area contributed by atoms with Crippen molar-refractivity contribution in [2.75, 3.05) is 0 Å². The second-order valence-electron chi connectivity index (χ2n) is 3.56. The summed E-state index contributed by atoms with van der Waals surface area (Å²) >= 11 is 1.60. The number of carbonyl (C=O) groups excluding carboxylic acids is 2. The number of hydrazine groups is 1. The molecule has 2 amide bonds. The van der Waals surface area contributed by atoms with Gasteiger partial charge < -0.3 is 4.42 Å². The molecule has 0 unspecified atom stereocenters. The Balaban J connectivity index is 1.70. The van der Waals surface area contributed by atoms with Crippen molar-refractivity contribution in [2.45, 2.75) is 12.8 Å². The van der Waals surface area contributed by atoms with Gasteiger partial charge in [0.05, 0.1) is 6.26 Å². The van der Waals surface area contributed by atoms with Crippen molar-refractivity contribution >= 4 is 23.2 Å². The predicted molar refractivity (Wildman–Crippen MR) is 67.0 cm³/mol. The van der Waals surface area contributed by atoms with E-state index in [-0.39, 0.29) is 11.7 Å². The van der Waals surface area contributed by atoms with Crippen LogP contribution in [-0.2, 0) is 11.2 Å². The van der Waals surface area contributed by atoms with Gasteiger partial charge in [0.1, 0.15) is 0 Å². The number of hydrogen-bond donors (Lipinski definition) is 2. The first-order chi connectivity index (χ1) is 8.75. The highest BCUT2D eigenvalue weighted by atomic mass is 32.1. The number of rotatable bonds is 4. The maximum absolute atomic E-state index is 11.5. The summed E-state index contributed by atoms with van der Waals surface area (Å²) in [5, 5.41) is 1.96. The lowest BCUT2D eigenvalue weighted by Crippen LogP contribution is -2.41. The van der Waals surface area contributed by atoms with Gasteiger partial charge in [-0.1, -0.05) is 6.07 Å². The zero-order valence-corrected chi connectivity index (χ0v) is 10.3. The van der Waals surface area contributed by atoms with Crippen molar-refractivity contribution in [1.29, 1.82) is 0 Å². The minimum Gasteiger partial charge on any atom is -0.459 e. The highest BCUT2D eigenvalue weighted by molar-refractivity contribution is 7.09. The molecule has 5 nitrogen and oxygen atoms in total. The summed E-state index contributed by atoms with van der Waals surface area (Å²) in [4.78, 5) is 24.0. The number of thiophene rings is 1. The molecular weight excluding hydrogens is 252 g/mol. The maximum atomic E-state index is 11.5. The topological polar surface area (TPSA) is 71.3 Å². The summed E-state index contributed by atoms with van der Waals surface area (Å²) in [5.41, 5.74) is 4.63. The summed E-state index contributed by atoms with van der Waals surface area (Å²) in [7, 11) is 0. The molecule has 0 aliphatic rings. The lowest BCUT2D eigenvalue weighted by atomic mass is 10.2. The van der Waals surface area contributed by atoms with E-state index in [9.17, 15) is 9.59 Å². The average Bonchev–Trinajstić information content (AvgIpc) is 3.05. The number of nitrogens with one attached hydrogen (secondary N) is 2. The van der Waals surface area contributed by atoms with Crippen LogP contribution in [-0.4, -0.2) is 11.8 Å². The van der Waals surface area contributed by atoms with E-state index in [1.807, 2.05) is 17.5 Å². The summed E-state index contributed by atoms with van der Waals surface area (Å²) in [6.07, 6.45) is 2.40. The molecule has 0 fully saturated rings. The third-order valence-corrected chi connectivity index (χ3v) is 3.18. The van der Waals surface area contributed by atoms with Gasteiger partial charge in [-0.2, -0.15) is 0 Å². The van der Waals surface area contributed by atoms with Gasteiger partial charge in [0.2, 0.25) is 5.91 Å². The zero-order valence-electron chi connectivity index (χ0n) is 9.51. The van der Waals surface area contributed by atoms with Crippen molar-refractivity contribution in [3.63, 3.8) is 0 Å². The van der Waals surface area contributed by atoms with E-state index in [0.29, 0.717) is 12.8 Å². The van der Waals surface area contributed by atoms with E-state index >= 15 is 0 Å². The number of furan rings is 1. The van der Waals surface area contributed by atoms with Gasteiger partial charge in [-0.15, -0.1) is 11.3 Å². The van der Waals surface area contributed by atoms with Gasteiger partial charge in [0.25, 0.3) is 0 Å². The van der Waals surface area contributed by atoms with E-state index in [0.717, 1.165) is 4.88 Å². The molecule has 0 aromatic carbocycles. The number of aryl methyl sites for hydroxylation is 1. The zero-order chi connectivity index (χ0) is 12.8. The fourth-order valence-corrected chi connectivity index (χ4v) is 2.06. The Morgan fingerprint density at radius 1 is 1.22 bits per heavy atom. The molecule has 18 heavy (non-hydrogen) atoms. The number of carbonyl (C=O) groups is 2. The number of hydrogen-bond acceptors (Lipinski definition) is 4. The first-order valence-electron chi connectivity index (χ1n) is 5.41. The standard InChI is InChI=1S/C12H12N2O3S/c15-11(6-5-9-3-2-8-18-9)13-14-12(16)10-4-1-7-17-10/h1-4,7-8H,5-6H2,(H,13,15)(H,14,16). The van der Waals surface area contributed by atoms with Crippen LogP contribution < -0.4 is 10.9 Å². The Morgan fingerprint density at radius 2 is 2.11 bits per heavy atom. The van der Waals surface area contributed by atoms with Crippen LogP contribution in [0.25, 0.3) is 0 Å². The van der Waals surface area contributed by atoms with Gasteiger partial charge in [-0.25, -0.2) is 0 Å². The average molecular weight is 264 g/mol. The molecule has 0 aliphatic heterocycles. The van der Waals surface area contributed by atoms with Crippen LogP contribution in [0.1, 0.15) is 21.9 Å². The predicted octanol–water partition coefficient (Wildman–Crippen LogP) is 1.73. The molecular formula is C12H12N2O3S. The fraction of sp³-hybridized carbons (Fsp3) is 0.167. The van der Waals surface area contributed by atoms with Crippen molar-refractivity contribution in [3.8, 4) is 0 Å². The van der Waals surface area contributed by atoms with Crippen LogP contribution in [0.15, 0.2) is 40.3 Å². The van der Waals surface area contributed by atoms with Crippen LogP contribution in [0.4, 0.5) is 0 Å². The van der Waals surface area contributed by atoms with Crippen LogP contribution in [0.3, 0.4) is 0 Å². The number of amides is 2. The van der Waals surface area contributed by atoms with E-state index in [2.05, 4.69) is 10.9 Å². The third kappa shape index (κ3) is 3.46. The molecule has 6 heteroatoms. The quantitative estimate of drug-likeness (QED) is 0.826. The third-order valence-electron chi connectivity index (χ3n) is 2.24. The van der Waals surface area contributed by atoms with E-state index in [4.69, 9.17) is 4.42 Å². The van der Waals surface area contributed by atoms with Gasteiger partial charge in [0.15, 0.2) is 5.76 Å². The molecule has 2 aromatic heterocycles. The summed E-state index contributed by atoms with van der Waals surface area (Å²) in [5.74, 6) is -0.540. The largest absolute Gasteiger partial charge is 0.459 e. The van der Waals surface area contributed by atoms with Crippen LogP contribution in [0, 0.1) is 0 Å². The molecule has 0 spiro atoms. The molecule has 0 saturated carbocycles. The van der Waals surface area contributed by atoms with Gasteiger partial charge in [-0.05, 0) is 30.0 Å². The Hall–Kier alpha value is -2.08. The Kier molecular flexibility index (Phi) is 4.14. The molecule has 0 aliphatic carbocycles. The molecule has 94 valence electrons. The SMILES string of the molecule is O=C(CCc1cccs1)NNC(=O)c1ccco1. The Labute approximate surface area is 108 Å². The minimum absolute atomic E-state index is 0.161. The summed E-state index contributed by atoms with van der Waals surface area (Å²) < 4.78 is 4.88. The van der Waals surface area contributed by atoms with Crippen molar-refractivity contribution in [3.05, 3.63) is 46.5 Å². The Bertz CT molecular complexity index is 505. The van der Waals surface area contributed by atoms with Gasteiger partial charge in [0, 0.05) is 11.3 Å². The molecule has 0 radical (unpaired) electrons. The first kappa shape index (κ1) is 12.4. The van der Waals surface area contributed by atoms with Crippen LogP contribution >= 0.6 is 11.3 Å². The van der Waals surface area contributed by atoms with E-state index < -0.39 is 5.91 Å². The highest BCUT2D eigenvalue weighted by Gasteiger charge is 2.09. The molecule has 0 bridgehead atoms. The Morgan fingerprint density at radius 3 is 2.78 bits per heavy atom. The van der Waals surface area contributed by atoms with E-state index in [1.165, 1.54) is 12.3 Å². The fourth-order valence-electron chi connectivity index (χ4n) is 1.35. The molecule has 0 saturated heterocycles. The normalized spacial score (nSPS) is 10.0. The lowest BCUT2D eigenvalue weighted by molar-refractivity contribution is -0.121. The summed E-state index contributed by atoms with van der Waals surface area (Å²) in [6, 6.07) is 7.04. The summed E-state index contributed by atoms with van der Waals surface area (Å²) in [6.45, 7) is 0. The first-order valence-corrected chi connectivity index (χ1v) is 6.29. The van der Waals surface area contributed by atoms with Crippen molar-refractivity contribution in [1.82, 2.24) is 10.9 Å². The molecule has 2 rings (SSSR count). The van der Waals surface area contributed by atoms with Gasteiger partial charge >= 0.3 is 5.91 Å². The molecule has 2 heterocycles. The van der Waals surface area contributed by atoms with E-state index in [1.54, 1.807) is 17.4 Å². The van der Waals surface area contributed by atoms with Gasteiger partial charge in [-0.3, -0.25) is 20.4 Å². The molecule has 2 N–H and O–H groups in total. The monoisotopic (exact) mass is 264 g/mol. The smallest absolute Gasteiger partial charge is 0.305 e. The van der Waals surface area contributed by atoms with Crippen LogP contribution in [0.2, 0.25) is 0 Å². The second kappa shape index (κ2) is 6.02. The van der Waals surface area contributed by atoms with Crippen LogP contribution in [0.5, 0.6) is 0 Å². The minimum atomic E-state index is -0.468. The second-order valence-corrected chi connectivity index (χ2v) is 4.59. The molecule has 2 aromatic rings. The molecule has 0 atom stereocenters. The van der Waals surface area contributed by atoms with Crippen molar-refractivity contribution in [2.24, 2.45) is 0 Å². The highest BCUT2D eigenvalue weighted by Crippen LogP contribution is 2.10.